The highest BCUT2D eigenvalue weighted by molar-refractivity contribution is 6.10. The maximum absolute atomic E-state index is 2.37. The minimum Gasteiger partial charge on any atom is -0.310 e. The van der Waals surface area contributed by atoms with E-state index in [2.05, 4.69) is 216 Å². The van der Waals surface area contributed by atoms with E-state index in [4.69, 9.17) is 0 Å². The van der Waals surface area contributed by atoms with Gasteiger partial charge < -0.3 is 9.47 Å². The van der Waals surface area contributed by atoms with E-state index in [1.54, 1.807) is 0 Å². The normalized spacial score (nSPS) is 11.2. The summed E-state index contributed by atoms with van der Waals surface area (Å²) in [4.78, 5) is 2.36. The third-order valence-corrected chi connectivity index (χ3v) is 9.59. The fourth-order valence-electron chi connectivity index (χ4n) is 7.22. The first-order valence-electron chi connectivity index (χ1n) is 17.1. The van der Waals surface area contributed by atoms with Gasteiger partial charge in [-0.1, -0.05) is 140 Å². The Labute approximate surface area is 292 Å². The predicted octanol–water partition coefficient (Wildman–Crippen LogP) is 13.3. The number of benzene rings is 8. The van der Waals surface area contributed by atoms with Crippen LogP contribution in [-0.4, -0.2) is 4.57 Å². The first-order chi connectivity index (χ1) is 24.8. The van der Waals surface area contributed by atoms with Gasteiger partial charge in [0, 0.05) is 33.4 Å². The van der Waals surface area contributed by atoms with Crippen molar-refractivity contribution >= 4 is 38.9 Å². The van der Waals surface area contributed by atoms with Gasteiger partial charge in [0.15, 0.2) is 0 Å². The van der Waals surface area contributed by atoms with E-state index in [0.717, 1.165) is 17.1 Å². The second kappa shape index (κ2) is 12.8. The van der Waals surface area contributed by atoms with Gasteiger partial charge in [0.05, 0.1) is 16.7 Å². The molecule has 0 aliphatic rings. The highest BCUT2D eigenvalue weighted by Gasteiger charge is 2.18. The number of para-hydroxylation sites is 4. The quantitative estimate of drug-likeness (QED) is 0.169. The van der Waals surface area contributed by atoms with Crippen molar-refractivity contribution in [1.29, 1.82) is 0 Å². The van der Waals surface area contributed by atoms with Crippen molar-refractivity contribution in [3.05, 3.63) is 206 Å². The summed E-state index contributed by atoms with van der Waals surface area (Å²) in [6.45, 7) is 0. The third kappa shape index (κ3) is 5.34. The SMILES string of the molecule is c1ccc(-c2ccc(N(c3ccccc3)c3ccccc3-c3cccc(-c4ccc5c(c4)c4ccccc4n5-c4ccccc4)c3)cc2)cc1. The zero-order valence-corrected chi connectivity index (χ0v) is 27.5. The smallest absolute Gasteiger partial charge is 0.0541 e. The summed E-state index contributed by atoms with van der Waals surface area (Å²) < 4.78 is 2.37. The molecule has 236 valence electrons. The highest BCUT2D eigenvalue weighted by atomic mass is 15.1. The van der Waals surface area contributed by atoms with Crippen molar-refractivity contribution in [2.45, 2.75) is 0 Å². The van der Waals surface area contributed by atoms with Crippen LogP contribution in [0.2, 0.25) is 0 Å². The summed E-state index contributed by atoms with van der Waals surface area (Å²) in [5.41, 5.74) is 14.1. The largest absolute Gasteiger partial charge is 0.310 e. The van der Waals surface area contributed by atoms with Crippen molar-refractivity contribution in [2.24, 2.45) is 0 Å². The van der Waals surface area contributed by atoms with Gasteiger partial charge >= 0.3 is 0 Å². The molecule has 0 aliphatic carbocycles. The van der Waals surface area contributed by atoms with Gasteiger partial charge in [-0.2, -0.15) is 0 Å². The minimum absolute atomic E-state index is 1.11. The molecular weight excluding hydrogens is 605 g/mol. The number of hydrogen-bond acceptors (Lipinski definition) is 1. The second-order valence-electron chi connectivity index (χ2n) is 12.6. The maximum atomic E-state index is 2.37. The lowest BCUT2D eigenvalue weighted by molar-refractivity contribution is 1.18. The van der Waals surface area contributed by atoms with Crippen LogP contribution < -0.4 is 4.90 Å². The van der Waals surface area contributed by atoms with Crippen LogP contribution in [0, 0.1) is 0 Å². The molecule has 0 bridgehead atoms. The Morgan fingerprint density at radius 3 is 1.66 bits per heavy atom. The highest BCUT2D eigenvalue weighted by Crippen LogP contribution is 2.42. The van der Waals surface area contributed by atoms with Crippen molar-refractivity contribution in [1.82, 2.24) is 4.57 Å². The summed E-state index contributed by atoms with van der Waals surface area (Å²) in [6.07, 6.45) is 0. The van der Waals surface area contributed by atoms with Crippen LogP contribution in [0.15, 0.2) is 206 Å². The molecule has 0 saturated carbocycles. The third-order valence-electron chi connectivity index (χ3n) is 9.59. The van der Waals surface area contributed by atoms with Gasteiger partial charge in [0.2, 0.25) is 0 Å². The van der Waals surface area contributed by atoms with Crippen LogP contribution in [0.4, 0.5) is 17.1 Å². The Kier molecular flexibility index (Phi) is 7.53. The zero-order chi connectivity index (χ0) is 33.3. The number of aromatic nitrogens is 1. The zero-order valence-electron chi connectivity index (χ0n) is 27.5. The molecule has 1 aromatic heterocycles. The Bertz CT molecular complexity index is 2570. The van der Waals surface area contributed by atoms with Crippen LogP contribution >= 0.6 is 0 Å². The average molecular weight is 639 g/mol. The van der Waals surface area contributed by atoms with E-state index >= 15 is 0 Å². The summed E-state index contributed by atoms with van der Waals surface area (Å²) >= 11 is 0. The summed E-state index contributed by atoms with van der Waals surface area (Å²) in [5.74, 6) is 0. The topological polar surface area (TPSA) is 8.17 Å². The number of hydrogen-bond donors (Lipinski definition) is 0. The molecule has 2 heteroatoms. The minimum atomic E-state index is 1.11. The molecule has 0 amide bonds. The van der Waals surface area contributed by atoms with E-state index in [-0.39, 0.29) is 0 Å². The van der Waals surface area contributed by atoms with E-state index in [1.165, 1.54) is 60.9 Å². The standard InChI is InChI=1S/C48H34N2/c1-4-15-35(16-5-1)36-27-30-42(31-28-36)49(40-19-6-2-7-20-40)46-25-12-10-23-43(46)39-18-14-17-37(33-39)38-29-32-48-45(34-38)44-24-11-13-26-47(44)50(48)41-21-8-3-9-22-41/h1-34H. The van der Waals surface area contributed by atoms with E-state index in [0.29, 0.717) is 0 Å². The molecule has 0 saturated heterocycles. The molecule has 0 unspecified atom stereocenters. The lowest BCUT2D eigenvalue weighted by Gasteiger charge is -2.28. The fraction of sp³-hybridized carbons (Fsp3) is 0. The molecule has 9 aromatic rings. The maximum Gasteiger partial charge on any atom is 0.0541 e. The lowest BCUT2D eigenvalue weighted by Crippen LogP contribution is -2.11. The number of nitrogens with zero attached hydrogens (tertiary/aromatic N) is 2. The molecule has 8 aromatic carbocycles. The second-order valence-corrected chi connectivity index (χ2v) is 12.6. The van der Waals surface area contributed by atoms with Gasteiger partial charge in [-0.05, 0) is 94.5 Å². The lowest BCUT2D eigenvalue weighted by atomic mass is 9.96. The summed E-state index contributed by atoms with van der Waals surface area (Å²) in [5, 5.41) is 2.51. The van der Waals surface area contributed by atoms with Crippen molar-refractivity contribution in [2.75, 3.05) is 4.90 Å². The predicted molar refractivity (Wildman–Crippen MR) is 212 cm³/mol. The van der Waals surface area contributed by atoms with E-state index in [1.807, 2.05) is 0 Å². The summed E-state index contributed by atoms with van der Waals surface area (Å²) in [7, 11) is 0. The number of rotatable bonds is 7. The van der Waals surface area contributed by atoms with Crippen LogP contribution in [0.1, 0.15) is 0 Å². The first kappa shape index (κ1) is 29.5. The molecular formula is C48H34N2. The van der Waals surface area contributed by atoms with Crippen LogP contribution in [0.3, 0.4) is 0 Å². The number of anilines is 3. The molecule has 1 heterocycles. The molecule has 2 nitrogen and oxygen atoms in total. The molecule has 0 radical (unpaired) electrons. The Balaban J connectivity index is 1.15. The van der Waals surface area contributed by atoms with Crippen LogP contribution in [-0.2, 0) is 0 Å². The monoisotopic (exact) mass is 638 g/mol. The molecule has 0 fully saturated rings. The Morgan fingerprint density at radius 2 is 0.860 bits per heavy atom. The Hall–Kier alpha value is -6.64. The molecule has 0 aliphatic heterocycles. The molecule has 0 spiro atoms. The summed E-state index contributed by atoms with van der Waals surface area (Å²) in [6, 6.07) is 74.0. The van der Waals surface area contributed by atoms with Crippen molar-refractivity contribution in [3.8, 4) is 39.1 Å². The van der Waals surface area contributed by atoms with E-state index in [9.17, 15) is 0 Å². The average Bonchev–Trinajstić information content (AvgIpc) is 3.53. The van der Waals surface area contributed by atoms with Gasteiger partial charge in [0.1, 0.15) is 0 Å². The van der Waals surface area contributed by atoms with Crippen LogP contribution in [0.5, 0.6) is 0 Å². The van der Waals surface area contributed by atoms with Crippen molar-refractivity contribution in [3.63, 3.8) is 0 Å². The fourth-order valence-corrected chi connectivity index (χ4v) is 7.22. The Morgan fingerprint density at radius 1 is 0.320 bits per heavy atom. The van der Waals surface area contributed by atoms with Gasteiger partial charge in [-0.15, -0.1) is 0 Å². The van der Waals surface area contributed by atoms with Gasteiger partial charge in [0.25, 0.3) is 0 Å². The van der Waals surface area contributed by atoms with Gasteiger partial charge in [-0.3, -0.25) is 0 Å². The molecule has 9 rings (SSSR count). The van der Waals surface area contributed by atoms with Crippen LogP contribution in [0.25, 0.3) is 60.9 Å². The molecule has 0 N–H and O–H groups in total. The first-order valence-corrected chi connectivity index (χ1v) is 17.1. The molecule has 50 heavy (non-hydrogen) atoms. The van der Waals surface area contributed by atoms with Gasteiger partial charge in [-0.25, -0.2) is 0 Å². The number of fused-ring (bicyclic) bond motifs is 3. The van der Waals surface area contributed by atoms with Crippen molar-refractivity contribution < 1.29 is 0 Å². The molecule has 0 atom stereocenters. The van der Waals surface area contributed by atoms with E-state index < -0.39 is 0 Å².